The van der Waals surface area contributed by atoms with Gasteiger partial charge in [-0.15, -0.1) is 0 Å². The van der Waals surface area contributed by atoms with Crippen LogP contribution in [0, 0.1) is 0 Å². The Kier molecular flexibility index (Phi) is 5.59. The summed E-state index contributed by atoms with van der Waals surface area (Å²) in [5.41, 5.74) is 6.89. The number of hydrogen-bond donors (Lipinski definition) is 1. The highest BCUT2D eigenvalue weighted by Crippen LogP contribution is 2.24. The summed E-state index contributed by atoms with van der Waals surface area (Å²) in [7, 11) is 0. The highest BCUT2D eigenvalue weighted by atomic mass is 19.3. The van der Waals surface area contributed by atoms with Crippen LogP contribution < -0.4 is 5.73 Å². The lowest BCUT2D eigenvalue weighted by Crippen LogP contribution is -2.52. The van der Waals surface area contributed by atoms with Crippen molar-refractivity contribution in [3.8, 4) is 0 Å². The standard InChI is InChI=1S/C15H19F4N3O/c16-14(17)15(18,19)10-21-5-7-22(8-6-21)13(23)12-3-1-11(9-20)2-4-12/h1-4,14H,5-10,20H2. The quantitative estimate of drug-likeness (QED) is 0.836. The first kappa shape index (κ1) is 17.7. The van der Waals surface area contributed by atoms with Crippen molar-refractivity contribution >= 4 is 5.91 Å². The molecule has 1 amide bonds. The predicted molar refractivity (Wildman–Crippen MR) is 77.6 cm³/mol. The fourth-order valence-electron chi connectivity index (χ4n) is 2.44. The van der Waals surface area contributed by atoms with E-state index in [0.717, 1.165) is 5.56 Å². The Labute approximate surface area is 131 Å². The third kappa shape index (κ3) is 4.42. The number of hydrogen-bond acceptors (Lipinski definition) is 3. The van der Waals surface area contributed by atoms with E-state index in [0.29, 0.717) is 12.1 Å². The summed E-state index contributed by atoms with van der Waals surface area (Å²) in [6.45, 7) is 0.154. The minimum Gasteiger partial charge on any atom is -0.336 e. The van der Waals surface area contributed by atoms with E-state index >= 15 is 0 Å². The molecule has 0 aromatic heterocycles. The molecular weight excluding hydrogens is 314 g/mol. The van der Waals surface area contributed by atoms with Gasteiger partial charge in [0.05, 0.1) is 6.54 Å². The van der Waals surface area contributed by atoms with Gasteiger partial charge >= 0.3 is 12.3 Å². The lowest BCUT2D eigenvalue weighted by atomic mass is 10.1. The second-order valence-corrected chi connectivity index (χ2v) is 5.53. The highest BCUT2D eigenvalue weighted by molar-refractivity contribution is 5.94. The molecule has 1 saturated heterocycles. The molecule has 1 fully saturated rings. The zero-order valence-electron chi connectivity index (χ0n) is 12.5. The van der Waals surface area contributed by atoms with Gasteiger partial charge in [-0.3, -0.25) is 9.69 Å². The number of amides is 1. The minimum atomic E-state index is -4.02. The monoisotopic (exact) mass is 333 g/mol. The molecule has 0 bridgehead atoms. The first-order valence-electron chi connectivity index (χ1n) is 7.30. The topological polar surface area (TPSA) is 49.6 Å². The summed E-state index contributed by atoms with van der Waals surface area (Å²) in [5, 5.41) is 0. The summed E-state index contributed by atoms with van der Waals surface area (Å²) >= 11 is 0. The van der Waals surface area contributed by atoms with Crippen LogP contribution >= 0.6 is 0 Å². The van der Waals surface area contributed by atoms with Gasteiger partial charge in [-0.1, -0.05) is 12.1 Å². The smallest absolute Gasteiger partial charge is 0.319 e. The Bertz CT molecular complexity index is 528. The molecule has 0 radical (unpaired) electrons. The zero-order valence-corrected chi connectivity index (χ0v) is 12.5. The van der Waals surface area contributed by atoms with Gasteiger partial charge in [0.2, 0.25) is 0 Å². The van der Waals surface area contributed by atoms with E-state index in [1.165, 1.54) is 9.80 Å². The molecule has 23 heavy (non-hydrogen) atoms. The number of halogens is 4. The van der Waals surface area contributed by atoms with Crippen LogP contribution in [0.4, 0.5) is 17.6 Å². The van der Waals surface area contributed by atoms with Crippen LogP contribution in [0.2, 0.25) is 0 Å². The van der Waals surface area contributed by atoms with Crippen LogP contribution in [0.25, 0.3) is 0 Å². The Balaban J connectivity index is 1.89. The fourth-order valence-corrected chi connectivity index (χ4v) is 2.44. The van der Waals surface area contributed by atoms with E-state index in [1.807, 2.05) is 0 Å². The highest BCUT2D eigenvalue weighted by Gasteiger charge is 2.42. The van der Waals surface area contributed by atoms with E-state index < -0.39 is 18.9 Å². The largest absolute Gasteiger partial charge is 0.336 e. The van der Waals surface area contributed by atoms with Crippen LogP contribution in [-0.2, 0) is 6.54 Å². The normalized spacial score (nSPS) is 16.9. The molecule has 1 aromatic carbocycles. The Morgan fingerprint density at radius 2 is 1.70 bits per heavy atom. The molecule has 128 valence electrons. The molecule has 1 aliphatic rings. The second kappa shape index (κ2) is 7.27. The van der Waals surface area contributed by atoms with Gasteiger partial charge in [0.15, 0.2) is 0 Å². The Morgan fingerprint density at radius 3 is 2.17 bits per heavy atom. The van der Waals surface area contributed by atoms with E-state index in [-0.39, 0.29) is 32.1 Å². The van der Waals surface area contributed by atoms with Crippen molar-refractivity contribution in [1.29, 1.82) is 0 Å². The van der Waals surface area contributed by atoms with Crippen molar-refractivity contribution in [2.75, 3.05) is 32.7 Å². The molecule has 0 saturated carbocycles. The van der Waals surface area contributed by atoms with Gasteiger partial charge in [-0.2, -0.15) is 8.78 Å². The number of benzene rings is 1. The van der Waals surface area contributed by atoms with Crippen LogP contribution in [0.3, 0.4) is 0 Å². The molecule has 8 heteroatoms. The number of nitrogens with zero attached hydrogens (tertiary/aromatic N) is 2. The summed E-state index contributed by atoms with van der Waals surface area (Å²) in [4.78, 5) is 15.1. The molecule has 1 heterocycles. The lowest BCUT2D eigenvalue weighted by molar-refractivity contribution is -0.144. The first-order valence-corrected chi connectivity index (χ1v) is 7.30. The van der Waals surface area contributed by atoms with Crippen LogP contribution in [0.15, 0.2) is 24.3 Å². The van der Waals surface area contributed by atoms with E-state index in [2.05, 4.69) is 0 Å². The van der Waals surface area contributed by atoms with Crippen molar-refractivity contribution in [3.05, 3.63) is 35.4 Å². The van der Waals surface area contributed by atoms with E-state index in [9.17, 15) is 22.4 Å². The van der Waals surface area contributed by atoms with Crippen LogP contribution in [-0.4, -0.2) is 60.8 Å². The van der Waals surface area contributed by atoms with Gasteiger partial charge in [0.1, 0.15) is 0 Å². The van der Waals surface area contributed by atoms with Crippen molar-refractivity contribution in [2.45, 2.75) is 18.9 Å². The minimum absolute atomic E-state index is 0.148. The zero-order chi connectivity index (χ0) is 17.0. The van der Waals surface area contributed by atoms with E-state index in [4.69, 9.17) is 5.73 Å². The van der Waals surface area contributed by atoms with Crippen molar-refractivity contribution in [2.24, 2.45) is 5.73 Å². The molecule has 1 aliphatic heterocycles. The van der Waals surface area contributed by atoms with Gasteiger partial charge in [0, 0.05) is 38.3 Å². The van der Waals surface area contributed by atoms with Crippen molar-refractivity contribution in [3.63, 3.8) is 0 Å². The summed E-state index contributed by atoms with van der Waals surface area (Å²) in [5.74, 6) is -4.22. The average molecular weight is 333 g/mol. The molecule has 0 spiro atoms. The number of piperazine rings is 1. The molecule has 1 aromatic rings. The van der Waals surface area contributed by atoms with E-state index in [1.54, 1.807) is 24.3 Å². The van der Waals surface area contributed by atoms with Crippen molar-refractivity contribution < 1.29 is 22.4 Å². The Hall–Kier alpha value is -1.67. The molecule has 4 nitrogen and oxygen atoms in total. The van der Waals surface area contributed by atoms with Gasteiger partial charge < -0.3 is 10.6 Å². The number of nitrogens with two attached hydrogens (primary N) is 1. The Morgan fingerprint density at radius 1 is 1.13 bits per heavy atom. The summed E-state index contributed by atoms with van der Waals surface area (Å²) < 4.78 is 50.5. The van der Waals surface area contributed by atoms with Crippen LogP contribution in [0.5, 0.6) is 0 Å². The third-order valence-corrected chi connectivity index (χ3v) is 3.85. The second-order valence-electron chi connectivity index (χ2n) is 5.53. The van der Waals surface area contributed by atoms with Gasteiger partial charge in [-0.05, 0) is 17.7 Å². The van der Waals surface area contributed by atoms with Crippen LogP contribution in [0.1, 0.15) is 15.9 Å². The van der Waals surface area contributed by atoms with Gasteiger partial charge in [0.25, 0.3) is 5.91 Å². The maximum atomic E-state index is 13.0. The van der Waals surface area contributed by atoms with Gasteiger partial charge in [-0.25, -0.2) is 8.78 Å². The number of carbonyl (C=O) groups excluding carboxylic acids is 1. The number of rotatable bonds is 5. The fraction of sp³-hybridized carbons (Fsp3) is 0.533. The SMILES string of the molecule is NCc1ccc(C(=O)N2CCN(CC(F)(F)C(F)F)CC2)cc1. The summed E-state index contributed by atoms with van der Waals surface area (Å²) in [6, 6.07) is 6.85. The summed E-state index contributed by atoms with van der Waals surface area (Å²) in [6.07, 6.45) is -3.68. The molecule has 0 unspecified atom stereocenters. The molecule has 0 aliphatic carbocycles. The predicted octanol–water partition coefficient (Wildman–Crippen LogP) is 1.80. The third-order valence-electron chi connectivity index (χ3n) is 3.85. The van der Waals surface area contributed by atoms with Crippen molar-refractivity contribution in [1.82, 2.24) is 9.80 Å². The maximum absolute atomic E-state index is 13.0. The molecule has 0 atom stereocenters. The molecule has 2 N–H and O–H groups in total. The lowest BCUT2D eigenvalue weighted by Gasteiger charge is -2.36. The number of alkyl halides is 4. The molecular formula is C15H19F4N3O. The average Bonchev–Trinajstić information content (AvgIpc) is 2.54. The number of carbonyl (C=O) groups is 1. The first-order chi connectivity index (χ1) is 10.8. The molecule has 2 rings (SSSR count). The maximum Gasteiger partial charge on any atom is 0.319 e.